The lowest BCUT2D eigenvalue weighted by Gasteiger charge is -2.18. The van der Waals surface area contributed by atoms with Gasteiger partial charge in [-0.3, -0.25) is 4.99 Å². The molecule has 3 nitrogen and oxygen atoms in total. The van der Waals surface area contributed by atoms with Gasteiger partial charge in [-0.25, -0.2) is 4.99 Å². The van der Waals surface area contributed by atoms with Gasteiger partial charge in [0.15, 0.2) is 5.84 Å². The fraction of sp³-hybridized carbons (Fsp3) is 0.200. The number of amidine groups is 2. The van der Waals surface area contributed by atoms with Crippen molar-refractivity contribution in [1.82, 2.24) is 4.90 Å². The normalized spacial score (nSPS) is 19.9. The molecule has 0 saturated carbocycles. The molecular weight excluding hydrogens is 222 g/mol. The molecule has 0 N–H and O–H groups in total. The zero-order valence-corrected chi connectivity index (χ0v) is 10.4. The van der Waals surface area contributed by atoms with Crippen LogP contribution in [0.4, 0.5) is 0 Å². The van der Waals surface area contributed by atoms with Crippen LogP contribution in [0.1, 0.15) is 17.5 Å². The van der Waals surface area contributed by atoms with E-state index < -0.39 is 0 Å². The number of hydrogen-bond donors (Lipinski definition) is 0. The Morgan fingerprint density at radius 2 is 2.11 bits per heavy atom. The van der Waals surface area contributed by atoms with Crippen LogP contribution < -0.4 is 0 Å². The summed E-state index contributed by atoms with van der Waals surface area (Å²) in [6, 6.07) is 8.34. The van der Waals surface area contributed by atoms with Crippen LogP contribution in [-0.2, 0) is 6.54 Å². The van der Waals surface area contributed by atoms with E-state index in [0.29, 0.717) is 0 Å². The van der Waals surface area contributed by atoms with Gasteiger partial charge in [-0.15, -0.1) is 0 Å². The second-order valence-electron chi connectivity index (χ2n) is 4.33. The van der Waals surface area contributed by atoms with E-state index in [1.165, 1.54) is 5.56 Å². The number of nitrogens with zero attached hydrogens (tertiary/aromatic N) is 3. The molecule has 0 amide bonds. The van der Waals surface area contributed by atoms with Gasteiger partial charge in [-0.1, -0.05) is 36.4 Å². The molecule has 0 fully saturated rings. The van der Waals surface area contributed by atoms with E-state index in [0.717, 1.165) is 30.2 Å². The second kappa shape index (κ2) is 4.61. The Morgan fingerprint density at radius 1 is 1.22 bits per heavy atom. The molecule has 1 aromatic carbocycles. The minimum atomic E-state index is 0.826. The van der Waals surface area contributed by atoms with Gasteiger partial charge in [0, 0.05) is 31.8 Å². The van der Waals surface area contributed by atoms with Crippen molar-refractivity contribution in [3.63, 3.8) is 0 Å². The van der Waals surface area contributed by atoms with Crippen LogP contribution in [0.3, 0.4) is 0 Å². The van der Waals surface area contributed by atoms with E-state index in [2.05, 4.69) is 52.5 Å². The van der Waals surface area contributed by atoms with Crippen molar-refractivity contribution in [3.05, 3.63) is 59.8 Å². The monoisotopic (exact) mass is 237 g/mol. The molecule has 3 heteroatoms. The highest BCUT2D eigenvalue weighted by molar-refractivity contribution is 6.08. The maximum Gasteiger partial charge on any atom is 0.156 e. The minimum absolute atomic E-state index is 0.826. The molecule has 0 aliphatic carbocycles. The number of benzene rings is 1. The molecule has 2 aliphatic heterocycles. The number of rotatable bonds is 0. The lowest BCUT2D eigenvalue weighted by molar-refractivity contribution is 0.549. The Labute approximate surface area is 107 Å². The van der Waals surface area contributed by atoms with Gasteiger partial charge in [0.05, 0.1) is 0 Å². The van der Waals surface area contributed by atoms with Crippen LogP contribution in [0.2, 0.25) is 0 Å². The first-order valence-corrected chi connectivity index (χ1v) is 6.11. The molecule has 0 radical (unpaired) electrons. The van der Waals surface area contributed by atoms with Crippen molar-refractivity contribution < 1.29 is 0 Å². The Morgan fingerprint density at radius 3 is 3.00 bits per heavy atom. The molecule has 0 unspecified atom stereocenters. The van der Waals surface area contributed by atoms with E-state index in [9.17, 15) is 0 Å². The lowest BCUT2D eigenvalue weighted by Crippen LogP contribution is -2.23. The van der Waals surface area contributed by atoms with Crippen LogP contribution in [-0.4, -0.2) is 23.6 Å². The fourth-order valence-corrected chi connectivity index (χ4v) is 2.28. The molecule has 90 valence electrons. The summed E-state index contributed by atoms with van der Waals surface area (Å²) in [7, 11) is 1.80. The molecule has 0 spiro atoms. The summed E-state index contributed by atoms with van der Waals surface area (Å²) in [4.78, 5) is 11.2. The standard InChI is InChI=1S/C15H15N3/c1-16-15-13-8-5-4-7-12(13)11-18-10-6-2-3-9-14(18)17-15/h2-8,10H,9,11H2,1H3. The summed E-state index contributed by atoms with van der Waals surface area (Å²) in [6.07, 6.45) is 9.17. The van der Waals surface area contributed by atoms with E-state index in [-0.39, 0.29) is 0 Å². The summed E-state index contributed by atoms with van der Waals surface area (Å²) in [5.41, 5.74) is 2.40. The topological polar surface area (TPSA) is 28.0 Å². The van der Waals surface area contributed by atoms with Gasteiger partial charge in [-0.05, 0) is 11.6 Å². The zero-order chi connectivity index (χ0) is 12.4. The quantitative estimate of drug-likeness (QED) is 0.682. The maximum atomic E-state index is 4.71. The highest BCUT2D eigenvalue weighted by atomic mass is 15.2. The highest BCUT2D eigenvalue weighted by Gasteiger charge is 2.19. The molecule has 0 saturated heterocycles. The average Bonchev–Trinajstić information content (AvgIpc) is 2.69. The molecule has 0 bridgehead atoms. The van der Waals surface area contributed by atoms with Crippen LogP contribution >= 0.6 is 0 Å². The van der Waals surface area contributed by atoms with Crippen molar-refractivity contribution in [1.29, 1.82) is 0 Å². The van der Waals surface area contributed by atoms with E-state index in [4.69, 9.17) is 4.99 Å². The summed E-state index contributed by atoms with van der Waals surface area (Å²) in [5.74, 6) is 1.88. The number of hydrogen-bond acceptors (Lipinski definition) is 2. The second-order valence-corrected chi connectivity index (χ2v) is 4.33. The van der Waals surface area contributed by atoms with Gasteiger partial charge in [-0.2, -0.15) is 0 Å². The third kappa shape index (κ3) is 1.88. The predicted octanol–water partition coefficient (Wildman–Crippen LogP) is 2.75. The van der Waals surface area contributed by atoms with Crippen LogP contribution in [0.15, 0.2) is 58.7 Å². The molecule has 0 atom stereocenters. The molecule has 2 heterocycles. The number of aliphatic imine (C=N–C) groups is 2. The molecule has 18 heavy (non-hydrogen) atoms. The van der Waals surface area contributed by atoms with E-state index >= 15 is 0 Å². The predicted molar refractivity (Wildman–Crippen MR) is 74.8 cm³/mol. The molecule has 0 aromatic heterocycles. The number of fused-ring (bicyclic) bond motifs is 2. The summed E-state index contributed by atoms with van der Waals surface area (Å²) >= 11 is 0. The summed E-state index contributed by atoms with van der Waals surface area (Å²) in [5, 5.41) is 0. The zero-order valence-electron chi connectivity index (χ0n) is 10.4. The van der Waals surface area contributed by atoms with E-state index in [1.807, 2.05) is 6.07 Å². The smallest absolute Gasteiger partial charge is 0.156 e. The Balaban J connectivity index is 2.13. The van der Waals surface area contributed by atoms with Gasteiger partial charge >= 0.3 is 0 Å². The van der Waals surface area contributed by atoms with Gasteiger partial charge in [0.2, 0.25) is 0 Å². The van der Waals surface area contributed by atoms with Gasteiger partial charge < -0.3 is 4.90 Å². The lowest BCUT2D eigenvalue weighted by atomic mass is 10.1. The highest BCUT2D eigenvalue weighted by Crippen LogP contribution is 2.20. The van der Waals surface area contributed by atoms with Crippen LogP contribution in [0, 0.1) is 0 Å². The molecule has 2 aliphatic rings. The van der Waals surface area contributed by atoms with Crippen molar-refractivity contribution in [3.8, 4) is 0 Å². The third-order valence-corrected chi connectivity index (χ3v) is 3.19. The first-order chi connectivity index (χ1) is 8.88. The Hall–Kier alpha value is -2.16. The first-order valence-electron chi connectivity index (χ1n) is 6.11. The molecular formula is C15H15N3. The van der Waals surface area contributed by atoms with Gasteiger partial charge in [0.25, 0.3) is 0 Å². The fourth-order valence-electron chi connectivity index (χ4n) is 2.28. The van der Waals surface area contributed by atoms with Crippen molar-refractivity contribution in [2.45, 2.75) is 13.0 Å². The average molecular weight is 237 g/mol. The van der Waals surface area contributed by atoms with Crippen molar-refractivity contribution in [2.75, 3.05) is 7.05 Å². The minimum Gasteiger partial charge on any atom is -0.332 e. The first kappa shape index (κ1) is 11.0. The summed E-state index contributed by atoms with van der Waals surface area (Å²) < 4.78 is 0. The Bertz CT molecular complexity index is 579. The largest absolute Gasteiger partial charge is 0.332 e. The van der Waals surface area contributed by atoms with Crippen LogP contribution in [0.25, 0.3) is 0 Å². The van der Waals surface area contributed by atoms with Gasteiger partial charge in [0.1, 0.15) is 5.84 Å². The summed E-state index contributed by atoms with van der Waals surface area (Å²) in [6.45, 7) is 0.853. The third-order valence-electron chi connectivity index (χ3n) is 3.19. The molecule has 1 aromatic rings. The molecule has 3 rings (SSSR count). The van der Waals surface area contributed by atoms with Crippen molar-refractivity contribution >= 4 is 11.7 Å². The number of allylic oxidation sites excluding steroid dienone is 2. The van der Waals surface area contributed by atoms with E-state index in [1.54, 1.807) is 7.05 Å². The van der Waals surface area contributed by atoms with Crippen LogP contribution in [0.5, 0.6) is 0 Å². The Kier molecular flexibility index (Phi) is 2.81. The maximum absolute atomic E-state index is 4.71. The van der Waals surface area contributed by atoms with Crippen molar-refractivity contribution in [2.24, 2.45) is 9.98 Å². The SMILES string of the molecule is CN=C1N=C2CC=CC=CN2Cc2ccccc21.